The molecule has 1 saturated heterocycles. The third kappa shape index (κ3) is 2.61. The third-order valence-corrected chi connectivity index (χ3v) is 3.52. The smallest absolute Gasteiger partial charge is 0.368 e. The Labute approximate surface area is 105 Å². The van der Waals surface area contributed by atoms with Crippen LogP contribution in [-0.4, -0.2) is 19.1 Å². The van der Waals surface area contributed by atoms with Crippen LogP contribution in [0, 0.1) is 5.92 Å². The highest BCUT2D eigenvalue weighted by Gasteiger charge is 2.31. The van der Waals surface area contributed by atoms with Gasteiger partial charge in [0.1, 0.15) is 0 Å². The number of anilines is 1. The number of benzene rings is 1. The molecule has 2 rings (SSSR count). The first-order valence-electron chi connectivity index (χ1n) is 6.05. The second-order valence-electron chi connectivity index (χ2n) is 4.88. The van der Waals surface area contributed by atoms with Crippen molar-refractivity contribution in [1.29, 1.82) is 0 Å². The topological polar surface area (TPSA) is 29.3 Å². The van der Waals surface area contributed by atoms with E-state index in [0.29, 0.717) is 18.5 Å². The molecule has 0 spiro atoms. The van der Waals surface area contributed by atoms with Crippen molar-refractivity contribution in [2.24, 2.45) is 11.7 Å². The maximum atomic E-state index is 12.5. The fourth-order valence-electron chi connectivity index (χ4n) is 2.51. The summed E-state index contributed by atoms with van der Waals surface area (Å²) in [7, 11) is 0. The van der Waals surface area contributed by atoms with Crippen LogP contribution in [0.1, 0.15) is 18.9 Å². The van der Waals surface area contributed by atoms with Gasteiger partial charge in [-0.3, -0.25) is 0 Å². The van der Waals surface area contributed by atoms with Crippen molar-refractivity contribution < 1.29 is 13.2 Å². The summed E-state index contributed by atoms with van der Waals surface area (Å²) in [5.41, 5.74) is 5.88. The van der Waals surface area contributed by atoms with Crippen molar-refractivity contribution in [2.75, 3.05) is 18.0 Å². The number of nitrogens with two attached hydrogens (primary N) is 1. The fourth-order valence-corrected chi connectivity index (χ4v) is 2.51. The molecule has 1 aliphatic heterocycles. The molecule has 1 heterocycles. The highest BCUT2D eigenvalue weighted by atomic mass is 19.4. The predicted molar refractivity (Wildman–Crippen MR) is 65.4 cm³/mol. The standard InChI is InChI=1S/C13H17F3N2/c1-9-6-10(7-17)8-18(9)12-4-2-11(3-5-12)13(14,15)16/h2-5,9-10H,6-8,17H2,1H3. The zero-order valence-electron chi connectivity index (χ0n) is 10.2. The third-order valence-electron chi connectivity index (χ3n) is 3.52. The summed E-state index contributed by atoms with van der Waals surface area (Å²) in [6, 6.07) is 5.68. The maximum Gasteiger partial charge on any atom is 0.416 e. The lowest BCUT2D eigenvalue weighted by molar-refractivity contribution is -0.137. The number of halogens is 3. The Hall–Kier alpha value is -1.23. The summed E-state index contributed by atoms with van der Waals surface area (Å²) < 4.78 is 37.4. The monoisotopic (exact) mass is 258 g/mol. The predicted octanol–water partition coefficient (Wildman–Crippen LogP) is 2.88. The summed E-state index contributed by atoms with van der Waals surface area (Å²) in [5, 5.41) is 0. The van der Waals surface area contributed by atoms with E-state index in [2.05, 4.69) is 11.8 Å². The number of alkyl halides is 3. The zero-order chi connectivity index (χ0) is 13.3. The molecule has 0 bridgehead atoms. The summed E-state index contributed by atoms with van der Waals surface area (Å²) in [4.78, 5) is 2.12. The van der Waals surface area contributed by atoms with E-state index in [-0.39, 0.29) is 0 Å². The Balaban J connectivity index is 2.15. The van der Waals surface area contributed by atoms with Crippen molar-refractivity contribution >= 4 is 5.69 Å². The molecule has 18 heavy (non-hydrogen) atoms. The molecule has 0 aliphatic carbocycles. The average Bonchev–Trinajstić information content (AvgIpc) is 2.70. The van der Waals surface area contributed by atoms with E-state index in [1.165, 1.54) is 12.1 Å². The van der Waals surface area contributed by atoms with Gasteiger partial charge in [0.15, 0.2) is 0 Å². The molecule has 1 fully saturated rings. The minimum Gasteiger partial charge on any atom is -0.368 e. The SMILES string of the molecule is CC1CC(CN)CN1c1ccc(C(F)(F)F)cc1. The van der Waals surface area contributed by atoms with Crippen LogP contribution in [0.25, 0.3) is 0 Å². The van der Waals surface area contributed by atoms with E-state index in [0.717, 1.165) is 30.8 Å². The summed E-state index contributed by atoms with van der Waals surface area (Å²) in [5.74, 6) is 0.433. The van der Waals surface area contributed by atoms with E-state index in [9.17, 15) is 13.2 Å². The maximum absolute atomic E-state index is 12.5. The molecule has 1 aromatic rings. The van der Waals surface area contributed by atoms with E-state index >= 15 is 0 Å². The molecular weight excluding hydrogens is 241 g/mol. The van der Waals surface area contributed by atoms with Crippen molar-refractivity contribution in [1.82, 2.24) is 0 Å². The minimum atomic E-state index is -4.27. The van der Waals surface area contributed by atoms with Gasteiger partial charge in [-0.2, -0.15) is 13.2 Å². The Kier molecular flexibility index (Phi) is 3.52. The summed E-state index contributed by atoms with van der Waals surface area (Å²) in [6.07, 6.45) is -3.27. The fraction of sp³-hybridized carbons (Fsp3) is 0.538. The Morgan fingerprint density at radius 3 is 2.33 bits per heavy atom. The zero-order valence-corrected chi connectivity index (χ0v) is 10.2. The van der Waals surface area contributed by atoms with Crippen LogP contribution in [0.2, 0.25) is 0 Å². The van der Waals surface area contributed by atoms with Crippen LogP contribution in [0.5, 0.6) is 0 Å². The Morgan fingerprint density at radius 2 is 1.89 bits per heavy atom. The molecule has 100 valence electrons. The molecule has 0 aromatic heterocycles. The lowest BCUT2D eigenvalue weighted by atomic mass is 10.1. The first kappa shape index (κ1) is 13.2. The number of hydrogen-bond donors (Lipinski definition) is 1. The second kappa shape index (κ2) is 4.80. The molecule has 2 atom stereocenters. The first-order chi connectivity index (χ1) is 8.41. The van der Waals surface area contributed by atoms with Gasteiger partial charge in [-0.15, -0.1) is 0 Å². The lowest BCUT2D eigenvalue weighted by Gasteiger charge is -2.24. The molecule has 0 saturated carbocycles. The normalized spacial score (nSPS) is 24.6. The van der Waals surface area contributed by atoms with Gasteiger partial charge in [0.2, 0.25) is 0 Å². The largest absolute Gasteiger partial charge is 0.416 e. The molecular formula is C13H17F3N2. The van der Waals surface area contributed by atoms with Crippen molar-refractivity contribution in [3.63, 3.8) is 0 Å². The number of rotatable bonds is 2. The van der Waals surface area contributed by atoms with Crippen molar-refractivity contribution in [3.8, 4) is 0 Å². The van der Waals surface area contributed by atoms with Gasteiger partial charge < -0.3 is 10.6 Å². The number of hydrogen-bond acceptors (Lipinski definition) is 2. The molecule has 1 aliphatic rings. The molecule has 2 N–H and O–H groups in total. The highest BCUT2D eigenvalue weighted by molar-refractivity contribution is 5.50. The van der Waals surface area contributed by atoms with E-state index in [1.54, 1.807) is 0 Å². The van der Waals surface area contributed by atoms with Crippen LogP contribution >= 0.6 is 0 Å². The molecule has 2 unspecified atom stereocenters. The van der Waals surface area contributed by atoms with Crippen LogP contribution in [0.3, 0.4) is 0 Å². The van der Waals surface area contributed by atoms with E-state index in [1.807, 2.05) is 0 Å². The van der Waals surface area contributed by atoms with Gasteiger partial charge in [0, 0.05) is 18.3 Å². The van der Waals surface area contributed by atoms with Crippen LogP contribution in [0.15, 0.2) is 24.3 Å². The van der Waals surface area contributed by atoms with Gasteiger partial charge in [0.25, 0.3) is 0 Å². The van der Waals surface area contributed by atoms with Crippen LogP contribution < -0.4 is 10.6 Å². The molecule has 2 nitrogen and oxygen atoms in total. The van der Waals surface area contributed by atoms with E-state index in [4.69, 9.17) is 5.73 Å². The summed E-state index contributed by atoms with van der Waals surface area (Å²) in [6.45, 7) is 3.53. The average molecular weight is 258 g/mol. The molecule has 5 heteroatoms. The first-order valence-corrected chi connectivity index (χ1v) is 6.05. The lowest BCUT2D eigenvalue weighted by Crippen LogP contribution is -2.27. The summed E-state index contributed by atoms with van der Waals surface area (Å²) >= 11 is 0. The van der Waals surface area contributed by atoms with E-state index < -0.39 is 11.7 Å². The van der Waals surface area contributed by atoms with Crippen molar-refractivity contribution in [3.05, 3.63) is 29.8 Å². The Morgan fingerprint density at radius 1 is 1.28 bits per heavy atom. The second-order valence-corrected chi connectivity index (χ2v) is 4.88. The molecule has 0 radical (unpaired) electrons. The van der Waals surface area contributed by atoms with Gasteiger partial charge in [-0.25, -0.2) is 0 Å². The minimum absolute atomic E-state index is 0.329. The highest BCUT2D eigenvalue weighted by Crippen LogP contribution is 2.33. The number of nitrogens with zero attached hydrogens (tertiary/aromatic N) is 1. The van der Waals surface area contributed by atoms with Gasteiger partial charge in [-0.05, 0) is 50.1 Å². The quantitative estimate of drug-likeness (QED) is 0.883. The van der Waals surface area contributed by atoms with Gasteiger partial charge in [0.05, 0.1) is 5.56 Å². The van der Waals surface area contributed by atoms with Gasteiger partial charge in [-0.1, -0.05) is 0 Å². The molecule has 0 amide bonds. The Bertz CT molecular complexity index is 400. The van der Waals surface area contributed by atoms with Crippen LogP contribution in [0.4, 0.5) is 18.9 Å². The van der Waals surface area contributed by atoms with Crippen molar-refractivity contribution in [2.45, 2.75) is 25.6 Å². The van der Waals surface area contributed by atoms with Crippen LogP contribution in [-0.2, 0) is 6.18 Å². The molecule has 1 aromatic carbocycles. The van der Waals surface area contributed by atoms with Gasteiger partial charge >= 0.3 is 6.18 Å².